The van der Waals surface area contributed by atoms with Gasteiger partial charge in [0.2, 0.25) is 6.29 Å². The number of hydrogen-bond acceptors (Lipinski definition) is 6. The van der Waals surface area contributed by atoms with Gasteiger partial charge >= 0.3 is 18.0 Å². The summed E-state index contributed by atoms with van der Waals surface area (Å²) in [5.41, 5.74) is 1.03. The highest BCUT2D eigenvalue weighted by Crippen LogP contribution is 2.19. The standard InChI is InChI=1S/C16H23NO6S/c1-9(2)15(20)22-11(4)23-16(21)17-8-12(14(18)19)7-13-10(3)5-6-24-13/h5-6,9,11-12H,7-8H2,1-4H3,(H,17,21)(H,18,19)/t11-,12+/m1/s1. The van der Waals surface area contributed by atoms with E-state index >= 15 is 0 Å². The fourth-order valence-corrected chi connectivity index (χ4v) is 2.79. The number of carboxylic acids is 1. The van der Waals surface area contributed by atoms with Gasteiger partial charge in [-0.3, -0.25) is 9.59 Å². The summed E-state index contributed by atoms with van der Waals surface area (Å²) in [7, 11) is 0. The smallest absolute Gasteiger partial charge is 0.410 e. The number of nitrogens with one attached hydrogen (secondary N) is 1. The monoisotopic (exact) mass is 357 g/mol. The van der Waals surface area contributed by atoms with Crippen molar-refractivity contribution >= 4 is 29.4 Å². The number of carboxylic acid groups (broad SMARTS) is 1. The lowest BCUT2D eigenvalue weighted by Crippen LogP contribution is -2.36. The van der Waals surface area contributed by atoms with Gasteiger partial charge in [-0.2, -0.15) is 0 Å². The molecule has 0 unspecified atom stereocenters. The van der Waals surface area contributed by atoms with E-state index in [0.717, 1.165) is 10.4 Å². The zero-order chi connectivity index (χ0) is 18.3. The van der Waals surface area contributed by atoms with Gasteiger partial charge in [-0.1, -0.05) is 13.8 Å². The lowest BCUT2D eigenvalue weighted by molar-refractivity contribution is -0.168. The van der Waals surface area contributed by atoms with Crippen LogP contribution in [0, 0.1) is 18.8 Å². The van der Waals surface area contributed by atoms with Crippen LogP contribution in [0.25, 0.3) is 0 Å². The van der Waals surface area contributed by atoms with Crippen LogP contribution in [0.2, 0.25) is 0 Å². The molecule has 0 fully saturated rings. The predicted molar refractivity (Wildman–Crippen MR) is 88.8 cm³/mol. The first kappa shape index (κ1) is 20.0. The highest BCUT2D eigenvalue weighted by atomic mass is 32.1. The maximum absolute atomic E-state index is 11.7. The van der Waals surface area contributed by atoms with E-state index in [2.05, 4.69) is 5.32 Å². The average molecular weight is 357 g/mol. The second kappa shape index (κ2) is 9.27. The van der Waals surface area contributed by atoms with Gasteiger partial charge in [-0.15, -0.1) is 11.3 Å². The van der Waals surface area contributed by atoms with Crippen molar-refractivity contribution < 1.29 is 29.0 Å². The first-order valence-electron chi connectivity index (χ1n) is 7.61. The van der Waals surface area contributed by atoms with E-state index in [1.165, 1.54) is 18.3 Å². The number of hydrogen-bond donors (Lipinski definition) is 2. The molecule has 0 saturated carbocycles. The Morgan fingerprint density at radius 3 is 2.42 bits per heavy atom. The largest absolute Gasteiger partial charge is 0.481 e. The molecule has 0 aliphatic heterocycles. The summed E-state index contributed by atoms with van der Waals surface area (Å²) in [4.78, 5) is 35.4. The zero-order valence-corrected chi connectivity index (χ0v) is 15.0. The molecule has 0 aromatic carbocycles. The summed E-state index contributed by atoms with van der Waals surface area (Å²) < 4.78 is 9.78. The number of amides is 1. The van der Waals surface area contributed by atoms with E-state index in [0.29, 0.717) is 6.42 Å². The van der Waals surface area contributed by atoms with Crippen molar-refractivity contribution in [2.45, 2.75) is 40.4 Å². The maximum atomic E-state index is 11.7. The van der Waals surface area contributed by atoms with Crippen molar-refractivity contribution in [3.63, 3.8) is 0 Å². The van der Waals surface area contributed by atoms with E-state index in [4.69, 9.17) is 9.47 Å². The molecule has 0 saturated heterocycles. The molecule has 24 heavy (non-hydrogen) atoms. The number of rotatable bonds is 8. The molecular formula is C16H23NO6S. The summed E-state index contributed by atoms with van der Waals surface area (Å²) in [6, 6.07) is 1.92. The third kappa shape index (κ3) is 6.57. The fraction of sp³-hybridized carbons (Fsp3) is 0.562. The predicted octanol–water partition coefficient (Wildman–Crippen LogP) is 2.57. The summed E-state index contributed by atoms with van der Waals surface area (Å²) in [6.45, 7) is 6.59. The topological polar surface area (TPSA) is 102 Å². The number of aryl methyl sites for hydroxylation is 1. The normalized spacial score (nSPS) is 13.2. The van der Waals surface area contributed by atoms with Crippen LogP contribution < -0.4 is 5.32 Å². The molecule has 1 rings (SSSR count). The molecule has 0 bridgehead atoms. The highest BCUT2D eigenvalue weighted by Gasteiger charge is 2.22. The minimum Gasteiger partial charge on any atom is -0.481 e. The van der Waals surface area contributed by atoms with Gasteiger partial charge in [-0.25, -0.2) is 4.79 Å². The van der Waals surface area contributed by atoms with Gasteiger partial charge in [0.05, 0.1) is 11.8 Å². The Labute approximate surface area is 145 Å². The SMILES string of the molecule is Cc1ccsc1C[C@@H](CNC(=O)O[C@H](C)OC(=O)C(C)C)C(=O)O. The van der Waals surface area contributed by atoms with Crippen molar-refractivity contribution in [1.29, 1.82) is 0 Å². The summed E-state index contributed by atoms with van der Waals surface area (Å²) >= 11 is 1.48. The van der Waals surface area contributed by atoms with Crippen LogP contribution >= 0.6 is 11.3 Å². The van der Waals surface area contributed by atoms with Crippen LogP contribution in [-0.4, -0.2) is 36.0 Å². The molecule has 8 heteroatoms. The van der Waals surface area contributed by atoms with Gasteiger partial charge in [0.25, 0.3) is 0 Å². The first-order chi connectivity index (χ1) is 11.2. The van der Waals surface area contributed by atoms with Gasteiger partial charge in [-0.05, 0) is 30.4 Å². The van der Waals surface area contributed by atoms with Crippen molar-refractivity contribution in [1.82, 2.24) is 5.32 Å². The molecule has 0 aliphatic carbocycles. The summed E-state index contributed by atoms with van der Waals surface area (Å²) in [5.74, 6) is -2.57. The Kier molecular flexibility index (Phi) is 7.70. The van der Waals surface area contributed by atoms with Crippen molar-refractivity contribution in [3.8, 4) is 0 Å². The van der Waals surface area contributed by atoms with Gasteiger partial charge in [0.1, 0.15) is 0 Å². The molecule has 1 aromatic rings. The summed E-state index contributed by atoms with van der Waals surface area (Å²) in [5, 5.41) is 13.6. The third-order valence-corrected chi connectivity index (χ3v) is 4.31. The van der Waals surface area contributed by atoms with Crippen LogP contribution in [0.3, 0.4) is 0 Å². The first-order valence-corrected chi connectivity index (χ1v) is 8.49. The van der Waals surface area contributed by atoms with Crippen molar-refractivity contribution in [2.24, 2.45) is 11.8 Å². The summed E-state index contributed by atoms with van der Waals surface area (Å²) in [6.07, 6.45) is -1.53. The quantitative estimate of drug-likeness (QED) is 0.548. The van der Waals surface area contributed by atoms with Gasteiger partial charge in [0, 0.05) is 18.3 Å². The number of carbonyl (C=O) groups excluding carboxylic acids is 2. The Hall–Kier alpha value is -2.09. The number of alkyl carbamates (subject to hydrolysis) is 1. The minimum absolute atomic E-state index is 0.0731. The number of esters is 1. The number of carbonyl (C=O) groups is 3. The lowest BCUT2D eigenvalue weighted by Gasteiger charge is -2.17. The lowest BCUT2D eigenvalue weighted by atomic mass is 10.0. The minimum atomic E-state index is -1.04. The van der Waals surface area contributed by atoms with Crippen LogP contribution in [0.4, 0.5) is 4.79 Å². The molecule has 1 aromatic heterocycles. The van der Waals surface area contributed by atoms with Crippen molar-refractivity contribution in [3.05, 3.63) is 21.9 Å². The molecule has 134 valence electrons. The van der Waals surface area contributed by atoms with Gasteiger partial charge < -0.3 is 19.9 Å². The van der Waals surface area contributed by atoms with Crippen LogP contribution in [0.1, 0.15) is 31.2 Å². The fourth-order valence-electron chi connectivity index (χ4n) is 1.81. The Balaban J connectivity index is 2.46. The van der Waals surface area contributed by atoms with E-state index in [1.54, 1.807) is 13.8 Å². The number of aliphatic carboxylic acids is 1. The number of ether oxygens (including phenoxy) is 2. The molecule has 0 radical (unpaired) electrons. The molecular weight excluding hydrogens is 334 g/mol. The van der Waals surface area contributed by atoms with Crippen LogP contribution in [0.15, 0.2) is 11.4 Å². The highest BCUT2D eigenvalue weighted by molar-refractivity contribution is 7.10. The van der Waals surface area contributed by atoms with E-state index in [1.807, 2.05) is 18.4 Å². The second-order valence-electron chi connectivity index (χ2n) is 5.71. The molecule has 1 amide bonds. The maximum Gasteiger partial charge on any atom is 0.410 e. The van der Waals surface area contributed by atoms with E-state index in [-0.39, 0.29) is 12.5 Å². The van der Waals surface area contributed by atoms with E-state index in [9.17, 15) is 19.5 Å². The van der Waals surface area contributed by atoms with E-state index < -0.39 is 30.2 Å². The van der Waals surface area contributed by atoms with Gasteiger partial charge in [0.15, 0.2) is 0 Å². The number of thiophene rings is 1. The molecule has 0 aliphatic rings. The van der Waals surface area contributed by atoms with Crippen LogP contribution in [-0.2, 0) is 25.5 Å². The Bertz CT molecular complexity index is 583. The molecule has 1 heterocycles. The molecule has 7 nitrogen and oxygen atoms in total. The average Bonchev–Trinajstić information content (AvgIpc) is 2.87. The Morgan fingerprint density at radius 2 is 1.92 bits per heavy atom. The van der Waals surface area contributed by atoms with Crippen LogP contribution in [0.5, 0.6) is 0 Å². The Morgan fingerprint density at radius 1 is 1.25 bits per heavy atom. The van der Waals surface area contributed by atoms with Crippen molar-refractivity contribution in [2.75, 3.05) is 6.54 Å². The molecule has 2 N–H and O–H groups in total. The molecule has 2 atom stereocenters. The second-order valence-corrected chi connectivity index (χ2v) is 6.71. The zero-order valence-electron chi connectivity index (χ0n) is 14.2. The molecule has 0 spiro atoms. The third-order valence-electron chi connectivity index (χ3n) is 3.27.